The van der Waals surface area contributed by atoms with Gasteiger partial charge in [0, 0.05) is 6.20 Å². The number of nitrogens with zero attached hydrogens (tertiary/aromatic N) is 1. The number of benzene rings is 1. The average molecular weight is 324 g/mol. The lowest BCUT2D eigenvalue weighted by molar-refractivity contribution is 0.0696. The Bertz CT molecular complexity index is 655. The van der Waals surface area contributed by atoms with Gasteiger partial charge in [0.05, 0.1) is 15.6 Å². The molecule has 0 radical (unpaired) electrons. The zero-order chi connectivity index (χ0) is 14.0. The molecule has 6 heteroatoms. The highest BCUT2D eigenvalue weighted by molar-refractivity contribution is 9.10. The van der Waals surface area contributed by atoms with Crippen LogP contribution in [-0.2, 0) is 0 Å². The van der Waals surface area contributed by atoms with Gasteiger partial charge in [-0.2, -0.15) is 0 Å². The van der Waals surface area contributed by atoms with Gasteiger partial charge in [-0.1, -0.05) is 6.07 Å². The van der Waals surface area contributed by atoms with Crippen molar-refractivity contribution in [3.63, 3.8) is 0 Å². The molecule has 0 aliphatic carbocycles. The Kier molecular flexibility index (Phi) is 3.71. The molecule has 0 spiro atoms. The van der Waals surface area contributed by atoms with Crippen molar-refractivity contribution >= 4 is 27.7 Å². The maximum atomic E-state index is 13.8. The number of carboxylic acids is 1. The Morgan fingerprint density at radius 1 is 1.21 bits per heavy atom. The summed E-state index contributed by atoms with van der Waals surface area (Å²) in [7, 11) is 0. The van der Waals surface area contributed by atoms with Crippen LogP contribution in [0.4, 0.5) is 4.39 Å². The van der Waals surface area contributed by atoms with Gasteiger partial charge in [0.2, 0.25) is 5.78 Å². The van der Waals surface area contributed by atoms with E-state index in [1.54, 1.807) is 0 Å². The third kappa shape index (κ3) is 2.68. The number of carboxylic acid groups (broad SMARTS) is 1. The van der Waals surface area contributed by atoms with Crippen LogP contribution < -0.4 is 0 Å². The van der Waals surface area contributed by atoms with Crippen molar-refractivity contribution in [1.82, 2.24) is 4.98 Å². The van der Waals surface area contributed by atoms with Crippen molar-refractivity contribution in [3.05, 3.63) is 63.6 Å². The Labute approximate surface area is 116 Å². The minimum absolute atomic E-state index is 0.0120. The van der Waals surface area contributed by atoms with Gasteiger partial charge >= 0.3 is 5.97 Å². The summed E-state index contributed by atoms with van der Waals surface area (Å²) >= 11 is 2.99. The number of hydrogen-bond acceptors (Lipinski definition) is 3. The SMILES string of the molecule is O=C(O)c1ccc(C(=O)c2cccc(Br)c2F)nc1. The fourth-order valence-electron chi connectivity index (χ4n) is 1.47. The highest BCUT2D eigenvalue weighted by Crippen LogP contribution is 2.20. The second-order valence-corrected chi connectivity index (χ2v) is 4.52. The molecule has 2 aromatic rings. The summed E-state index contributed by atoms with van der Waals surface area (Å²) in [5.74, 6) is -2.41. The summed E-state index contributed by atoms with van der Waals surface area (Å²) in [5.41, 5.74) is -0.168. The van der Waals surface area contributed by atoms with Crippen LogP contribution in [-0.4, -0.2) is 21.8 Å². The third-order valence-corrected chi connectivity index (χ3v) is 3.05. The Morgan fingerprint density at radius 3 is 2.53 bits per heavy atom. The van der Waals surface area contributed by atoms with E-state index < -0.39 is 17.6 Å². The van der Waals surface area contributed by atoms with Gasteiger partial charge in [0.25, 0.3) is 0 Å². The van der Waals surface area contributed by atoms with Crippen molar-refractivity contribution in [3.8, 4) is 0 Å². The molecule has 1 N–H and O–H groups in total. The molecule has 0 fully saturated rings. The van der Waals surface area contributed by atoms with Gasteiger partial charge in [-0.15, -0.1) is 0 Å². The van der Waals surface area contributed by atoms with Crippen LogP contribution in [0.3, 0.4) is 0 Å². The zero-order valence-electron chi connectivity index (χ0n) is 9.43. The first-order chi connectivity index (χ1) is 9.00. The Balaban J connectivity index is 2.39. The van der Waals surface area contributed by atoms with Crippen LogP contribution in [0.2, 0.25) is 0 Å². The van der Waals surface area contributed by atoms with Gasteiger partial charge < -0.3 is 5.11 Å². The number of halogens is 2. The Hall–Kier alpha value is -2.08. The summed E-state index contributed by atoms with van der Waals surface area (Å²) in [6, 6.07) is 6.86. The lowest BCUT2D eigenvalue weighted by atomic mass is 10.1. The van der Waals surface area contributed by atoms with Crippen LogP contribution in [0.1, 0.15) is 26.4 Å². The summed E-state index contributed by atoms with van der Waals surface area (Å²) in [6.07, 6.45) is 1.06. The molecular weight excluding hydrogens is 317 g/mol. The molecule has 1 heterocycles. The number of aromatic nitrogens is 1. The predicted octanol–water partition coefficient (Wildman–Crippen LogP) is 2.91. The van der Waals surface area contributed by atoms with Crippen LogP contribution in [0.15, 0.2) is 41.0 Å². The van der Waals surface area contributed by atoms with E-state index in [9.17, 15) is 14.0 Å². The second-order valence-electron chi connectivity index (χ2n) is 3.67. The highest BCUT2D eigenvalue weighted by atomic mass is 79.9. The molecule has 0 saturated heterocycles. The standard InChI is InChI=1S/C13H7BrFNO3/c14-9-3-1-2-8(11(9)15)12(17)10-5-4-7(6-16-10)13(18)19/h1-6H,(H,18,19). The molecular formula is C13H7BrFNO3. The topological polar surface area (TPSA) is 67.3 Å². The lowest BCUT2D eigenvalue weighted by Crippen LogP contribution is -2.08. The number of pyridine rings is 1. The van der Waals surface area contributed by atoms with E-state index in [0.717, 1.165) is 6.20 Å². The van der Waals surface area contributed by atoms with Gasteiger partial charge in [-0.3, -0.25) is 9.78 Å². The first-order valence-corrected chi connectivity index (χ1v) is 5.98. The smallest absolute Gasteiger partial charge is 0.337 e. The highest BCUT2D eigenvalue weighted by Gasteiger charge is 2.17. The van der Waals surface area contributed by atoms with Gasteiger partial charge in [0.15, 0.2) is 0 Å². The van der Waals surface area contributed by atoms with Crippen LogP contribution in [0, 0.1) is 5.82 Å². The summed E-state index contributed by atoms with van der Waals surface area (Å²) in [5, 5.41) is 8.72. The van der Waals surface area contributed by atoms with E-state index in [4.69, 9.17) is 5.11 Å². The minimum atomic E-state index is -1.14. The quantitative estimate of drug-likeness (QED) is 0.882. The molecule has 0 atom stereocenters. The molecule has 96 valence electrons. The third-order valence-electron chi connectivity index (χ3n) is 2.44. The molecule has 0 unspecified atom stereocenters. The predicted molar refractivity (Wildman–Crippen MR) is 68.7 cm³/mol. The molecule has 1 aromatic carbocycles. The summed E-state index contributed by atoms with van der Waals surface area (Å²) in [6.45, 7) is 0. The van der Waals surface area contributed by atoms with Gasteiger partial charge in [-0.25, -0.2) is 9.18 Å². The second kappa shape index (κ2) is 5.27. The largest absolute Gasteiger partial charge is 0.478 e. The molecule has 0 aliphatic heterocycles. The molecule has 0 amide bonds. The monoisotopic (exact) mass is 323 g/mol. The van der Waals surface area contributed by atoms with Crippen LogP contribution >= 0.6 is 15.9 Å². The normalized spacial score (nSPS) is 10.2. The van der Waals surface area contributed by atoms with Crippen LogP contribution in [0.25, 0.3) is 0 Å². The van der Waals surface area contributed by atoms with Crippen molar-refractivity contribution < 1.29 is 19.1 Å². The van der Waals surface area contributed by atoms with E-state index in [-0.39, 0.29) is 21.3 Å². The zero-order valence-corrected chi connectivity index (χ0v) is 11.0. The van der Waals surface area contributed by atoms with Crippen molar-refractivity contribution in [2.75, 3.05) is 0 Å². The maximum absolute atomic E-state index is 13.8. The fourth-order valence-corrected chi connectivity index (χ4v) is 1.84. The lowest BCUT2D eigenvalue weighted by Gasteiger charge is -2.03. The van der Waals surface area contributed by atoms with E-state index in [1.807, 2.05) is 0 Å². The molecule has 2 rings (SSSR count). The molecule has 0 bridgehead atoms. The number of hydrogen-bond donors (Lipinski definition) is 1. The minimum Gasteiger partial charge on any atom is -0.478 e. The van der Waals surface area contributed by atoms with E-state index in [0.29, 0.717) is 0 Å². The van der Waals surface area contributed by atoms with Crippen LogP contribution in [0.5, 0.6) is 0 Å². The molecule has 0 saturated carbocycles. The number of carbonyl (C=O) groups excluding carboxylic acids is 1. The number of ketones is 1. The van der Waals surface area contributed by atoms with E-state index >= 15 is 0 Å². The average Bonchev–Trinajstić information content (AvgIpc) is 2.41. The maximum Gasteiger partial charge on any atom is 0.337 e. The van der Waals surface area contributed by atoms with Crippen molar-refractivity contribution in [2.24, 2.45) is 0 Å². The number of rotatable bonds is 3. The van der Waals surface area contributed by atoms with Crippen molar-refractivity contribution in [2.45, 2.75) is 0 Å². The van der Waals surface area contributed by atoms with E-state index in [2.05, 4.69) is 20.9 Å². The first kappa shape index (κ1) is 13.4. The Morgan fingerprint density at radius 2 is 1.95 bits per heavy atom. The fraction of sp³-hybridized carbons (Fsp3) is 0. The molecule has 1 aromatic heterocycles. The van der Waals surface area contributed by atoms with E-state index in [1.165, 1.54) is 30.3 Å². The number of carbonyl (C=O) groups is 2. The summed E-state index contributed by atoms with van der Waals surface area (Å²) < 4.78 is 13.9. The first-order valence-electron chi connectivity index (χ1n) is 5.19. The molecule has 19 heavy (non-hydrogen) atoms. The van der Waals surface area contributed by atoms with Gasteiger partial charge in [-0.05, 0) is 40.2 Å². The van der Waals surface area contributed by atoms with Gasteiger partial charge in [0.1, 0.15) is 11.5 Å². The number of aromatic carboxylic acids is 1. The molecule has 4 nitrogen and oxygen atoms in total. The summed E-state index contributed by atoms with van der Waals surface area (Å²) in [4.78, 5) is 26.4. The van der Waals surface area contributed by atoms with Crippen molar-refractivity contribution in [1.29, 1.82) is 0 Å². The molecule has 0 aliphatic rings.